The standard InChI is InChI=1S/C14H21N3O/c1-10-8-13(11(2)15-9-10)14(18)16-12-4-6-17(3)7-5-12/h8-9,12H,4-7H2,1-3H3,(H,16,18). The van der Waals surface area contributed by atoms with Crippen LogP contribution < -0.4 is 5.32 Å². The van der Waals surface area contributed by atoms with Gasteiger partial charge in [0.1, 0.15) is 0 Å². The average Bonchev–Trinajstić information content (AvgIpc) is 2.35. The molecule has 4 nitrogen and oxygen atoms in total. The molecule has 4 heteroatoms. The summed E-state index contributed by atoms with van der Waals surface area (Å²) in [5, 5.41) is 3.12. The van der Waals surface area contributed by atoms with Crippen LogP contribution in [-0.2, 0) is 0 Å². The molecule has 0 saturated carbocycles. The van der Waals surface area contributed by atoms with Crippen molar-refractivity contribution >= 4 is 5.91 Å². The van der Waals surface area contributed by atoms with E-state index in [2.05, 4.69) is 22.2 Å². The summed E-state index contributed by atoms with van der Waals surface area (Å²) in [7, 11) is 2.12. The minimum Gasteiger partial charge on any atom is -0.349 e. The number of likely N-dealkylation sites (tertiary alicyclic amines) is 1. The number of carbonyl (C=O) groups is 1. The van der Waals surface area contributed by atoms with Crippen molar-refractivity contribution in [1.82, 2.24) is 15.2 Å². The van der Waals surface area contributed by atoms with Gasteiger partial charge in [0.05, 0.1) is 5.56 Å². The summed E-state index contributed by atoms with van der Waals surface area (Å²) in [6.07, 6.45) is 3.85. The zero-order valence-corrected chi connectivity index (χ0v) is 11.4. The molecule has 0 spiro atoms. The zero-order chi connectivity index (χ0) is 13.1. The molecule has 2 rings (SSSR count). The van der Waals surface area contributed by atoms with E-state index in [0.717, 1.165) is 37.2 Å². The van der Waals surface area contributed by atoms with Gasteiger partial charge in [0.25, 0.3) is 5.91 Å². The lowest BCUT2D eigenvalue weighted by Crippen LogP contribution is -2.43. The maximum absolute atomic E-state index is 12.2. The van der Waals surface area contributed by atoms with Gasteiger partial charge in [0.15, 0.2) is 0 Å². The number of piperidine rings is 1. The number of pyridine rings is 1. The van der Waals surface area contributed by atoms with Crippen molar-refractivity contribution < 1.29 is 4.79 Å². The van der Waals surface area contributed by atoms with E-state index in [4.69, 9.17) is 0 Å². The van der Waals surface area contributed by atoms with Crippen LogP contribution in [0, 0.1) is 13.8 Å². The smallest absolute Gasteiger partial charge is 0.253 e. The predicted molar refractivity (Wildman–Crippen MR) is 71.7 cm³/mol. The second kappa shape index (κ2) is 5.48. The van der Waals surface area contributed by atoms with E-state index in [1.165, 1.54) is 0 Å². The Balaban J connectivity index is 2.01. The number of rotatable bonds is 2. The van der Waals surface area contributed by atoms with Crippen LogP contribution in [0.5, 0.6) is 0 Å². The molecule has 18 heavy (non-hydrogen) atoms. The Hall–Kier alpha value is -1.42. The SMILES string of the molecule is Cc1cnc(C)c(C(=O)NC2CCN(C)CC2)c1. The molecule has 0 aliphatic carbocycles. The normalized spacial score (nSPS) is 17.7. The average molecular weight is 247 g/mol. The topological polar surface area (TPSA) is 45.2 Å². The summed E-state index contributed by atoms with van der Waals surface area (Å²) in [6, 6.07) is 2.21. The van der Waals surface area contributed by atoms with Gasteiger partial charge in [-0.25, -0.2) is 0 Å². The third-order valence-electron chi connectivity index (χ3n) is 3.52. The van der Waals surface area contributed by atoms with Crippen molar-refractivity contribution in [3.05, 3.63) is 29.1 Å². The van der Waals surface area contributed by atoms with Gasteiger partial charge in [0, 0.05) is 17.9 Å². The van der Waals surface area contributed by atoms with Crippen LogP contribution in [0.4, 0.5) is 0 Å². The Labute approximate surface area is 108 Å². The van der Waals surface area contributed by atoms with Crippen molar-refractivity contribution in [1.29, 1.82) is 0 Å². The van der Waals surface area contributed by atoms with Crippen LogP contribution in [0.3, 0.4) is 0 Å². The van der Waals surface area contributed by atoms with E-state index < -0.39 is 0 Å². The van der Waals surface area contributed by atoms with Crippen LogP contribution in [-0.4, -0.2) is 42.0 Å². The number of hydrogen-bond acceptors (Lipinski definition) is 3. The van der Waals surface area contributed by atoms with Gasteiger partial charge < -0.3 is 10.2 Å². The molecule has 2 heterocycles. The molecule has 1 amide bonds. The first kappa shape index (κ1) is 13.0. The summed E-state index contributed by atoms with van der Waals surface area (Å²) in [6.45, 7) is 5.94. The molecule has 1 saturated heterocycles. The summed E-state index contributed by atoms with van der Waals surface area (Å²) in [5.74, 6) is 0.0123. The Morgan fingerprint density at radius 1 is 1.39 bits per heavy atom. The van der Waals surface area contributed by atoms with Gasteiger partial charge in [-0.15, -0.1) is 0 Å². The fourth-order valence-corrected chi connectivity index (χ4v) is 2.28. The molecule has 98 valence electrons. The van der Waals surface area contributed by atoms with Crippen LogP contribution in [0.25, 0.3) is 0 Å². The maximum atomic E-state index is 12.2. The lowest BCUT2D eigenvalue weighted by molar-refractivity contribution is 0.0915. The van der Waals surface area contributed by atoms with Gasteiger partial charge in [-0.3, -0.25) is 9.78 Å². The summed E-state index contributed by atoms with van der Waals surface area (Å²) < 4.78 is 0. The lowest BCUT2D eigenvalue weighted by atomic mass is 10.0. The monoisotopic (exact) mass is 247 g/mol. The Morgan fingerprint density at radius 3 is 2.72 bits per heavy atom. The first-order chi connectivity index (χ1) is 8.56. The molecule has 1 aromatic rings. The Kier molecular flexibility index (Phi) is 3.97. The van der Waals surface area contributed by atoms with E-state index in [0.29, 0.717) is 11.6 Å². The molecule has 0 aromatic carbocycles. The molecule has 1 fully saturated rings. The number of nitrogens with zero attached hydrogens (tertiary/aromatic N) is 2. The highest BCUT2D eigenvalue weighted by molar-refractivity contribution is 5.95. The second-order valence-corrected chi connectivity index (χ2v) is 5.20. The summed E-state index contributed by atoms with van der Waals surface area (Å²) in [5.41, 5.74) is 2.52. The van der Waals surface area contributed by atoms with Crippen LogP contribution >= 0.6 is 0 Å². The molecular formula is C14H21N3O. The first-order valence-electron chi connectivity index (χ1n) is 6.49. The predicted octanol–water partition coefficient (Wildman–Crippen LogP) is 1.52. The molecule has 1 aliphatic rings. The number of amides is 1. The quantitative estimate of drug-likeness (QED) is 0.862. The van der Waals surface area contributed by atoms with Crippen molar-refractivity contribution in [2.75, 3.05) is 20.1 Å². The van der Waals surface area contributed by atoms with E-state index in [1.54, 1.807) is 6.20 Å². The minimum absolute atomic E-state index is 0.0123. The lowest BCUT2D eigenvalue weighted by Gasteiger charge is -2.29. The molecule has 1 N–H and O–H groups in total. The number of carbonyl (C=O) groups excluding carboxylic acids is 1. The van der Waals surface area contributed by atoms with Crippen molar-refractivity contribution in [2.24, 2.45) is 0 Å². The zero-order valence-electron chi connectivity index (χ0n) is 11.4. The van der Waals surface area contributed by atoms with E-state index in [-0.39, 0.29) is 5.91 Å². The third kappa shape index (κ3) is 3.07. The highest BCUT2D eigenvalue weighted by Crippen LogP contribution is 2.11. The molecule has 0 bridgehead atoms. The molecule has 1 aromatic heterocycles. The highest BCUT2D eigenvalue weighted by Gasteiger charge is 2.20. The number of hydrogen-bond donors (Lipinski definition) is 1. The van der Waals surface area contributed by atoms with E-state index in [1.807, 2.05) is 19.9 Å². The van der Waals surface area contributed by atoms with E-state index >= 15 is 0 Å². The number of aryl methyl sites for hydroxylation is 2. The summed E-state index contributed by atoms with van der Waals surface area (Å²) in [4.78, 5) is 18.7. The van der Waals surface area contributed by atoms with Gasteiger partial charge >= 0.3 is 0 Å². The second-order valence-electron chi connectivity index (χ2n) is 5.20. The van der Waals surface area contributed by atoms with Crippen molar-refractivity contribution in [3.8, 4) is 0 Å². The Morgan fingerprint density at radius 2 is 2.06 bits per heavy atom. The number of aromatic nitrogens is 1. The summed E-state index contributed by atoms with van der Waals surface area (Å²) >= 11 is 0. The molecule has 0 radical (unpaired) electrons. The molecule has 0 atom stereocenters. The molecule has 1 aliphatic heterocycles. The third-order valence-corrected chi connectivity index (χ3v) is 3.52. The van der Waals surface area contributed by atoms with Gasteiger partial charge in [-0.1, -0.05) is 0 Å². The highest BCUT2D eigenvalue weighted by atomic mass is 16.1. The molecular weight excluding hydrogens is 226 g/mol. The molecule has 0 unspecified atom stereocenters. The van der Waals surface area contributed by atoms with Gasteiger partial charge in [-0.05, 0) is 58.5 Å². The van der Waals surface area contributed by atoms with Crippen LogP contribution in [0.2, 0.25) is 0 Å². The van der Waals surface area contributed by atoms with Crippen LogP contribution in [0.15, 0.2) is 12.3 Å². The minimum atomic E-state index is 0.0123. The van der Waals surface area contributed by atoms with Gasteiger partial charge in [0.2, 0.25) is 0 Å². The Bertz CT molecular complexity index is 437. The largest absolute Gasteiger partial charge is 0.349 e. The fourth-order valence-electron chi connectivity index (χ4n) is 2.28. The van der Waals surface area contributed by atoms with Gasteiger partial charge in [-0.2, -0.15) is 0 Å². The first-order valence-corrected chi connectivity index (χ1v) is 6.49. The fraction of sp³-hybridized carbons (Fsp3) is 0.571. The van der Waals surface area contributed by atoms with Crippen molar-refractivity contribution in [3.63, 3.8) is 0 Å². The maximum Gasteiger partial charge on any atom is 0.253 e. The number of nitrogens with one attached hydrogen (secondary N) is 1. The van der Waals surface area contributed by atoms with E-state index in [9.17, 15) is 4.79 Å². The van der Waals surface area contributed by atoms with Crippen molar-refractivity contribution in [2.45, 2.75) is 32.7 Å². The van der Waals surface area contributed by atoms with Crippen LogP contribution in [0.1, 0.15) is 34.5 Å².